The van der Waals surface area contributed by atoms with E-state index in [9.17, 15) is 19.6 Å². The quantitative estimate of drug-likeness (QED) is 0.352. The fourth-order valence-electron chi connectivity index (χ4n) is 2.52. The van der Waals surface area contributed by atoms with Crippen LogP contribution in [0.25, 0.3) is 11.2 Å². The van der Waals surface area contributed by atoms with Crippen molar-refractivity contribution in [2.24, 2.45) is 7.05 Å². The molecule has 138 valence electrons. The number of nitrogens with two attached hydrogens (primary N) is 1. The summed E-state index contributed by atoms with van der Waals surface area (Å²) in [6.07, 6.45) is -4.20. The van der Waals surface area contributed by atoms with Gasteiger partial charge in [0.25, 0.3) is 5.56 Å². The first kappa shape index (κ1) is 17.9. The van der Waals surface area contributed by atoms with Crippen LogP contribution in [0.5, 0.6) is 0 Å². The Balaban J connectivity index is 1.93. The zero-order valence-electron chi connectivity index (χ0n) is 12.8. The highest BCUT2D eigenvalue weighted by Gasteiger charge is 2.45. The van der Waals surface area contributed by atoms with Crippen LogP contribution >= 0.6 is 7.82 Å². The largest absolute Gasteiger partial charge is 0.469 e. The number of nitrogen functional groups attached to an aromatic ring is 1. The summed E-state index contributed by atoms with van der Waals surface area (Å²) in [5.41, 5.74) is 5.16. The molecule has 0 aromatic carbocycles. The average Bonchev–Trinajstić information content (AvgIpc) is 3.05. The van der Waals surface area contributed by atoms with Gasteiger partial charge >= 0.3 is 7.82 Å². The number of anilines is 1. The van der Waals surface area contributed by atoms with Crippen molar-refractivity contribution in [1.29, 1.82) is 0 Å². The number of hydrogen-bond acceptors (Lipinski definition) is 9. The summed E-state index contributed by atoms with van der Waals surface area (Å²) in [6, 6.07) is 0. The Kier molecular flexibility index (Phi) is 4.41. The molecule has 0 aliphatic carbocycles. The molecule has 1 saturated heterocycles. The molecule has 14 heteroatoms. The van der Waals surface area contributed by atoms with Gasteiger partial charge in [-0.05, 0) is 0 Å². The highest BCUT2D eigenvalue weighted by atomic mass is 31.2. The number of aromatic nitrogens is 4. The van der Waals surface area contributed by atoms with Crippen molar-refractivity contribution in [3.05, 3.63) is 16.7 Å². The number of rotatable bonds is 4. The zero-order valence-corrected chi connectivity index (χ0v) is 13.7. The highest BCUT2D eigenvalue weighted by molar-refractivity contribution is 7.46. The van der Waals surface area contributed by atoms with Gasteiger partial charge in [-0.15, -0.1) is 0 Å². The first-order valence-corrected chi connectivity index (χ1v) is 8.54. The van der Waals surface area contributed by atoms with Gasteiger partial charge in [0, 0.05) is 7.05 Å². The standard InChI is InChI=1S/C11H16N5O8P/c1-15-9(19)5-8(14-11(15)12)16(3-13-5)10-7(18)6(17)4(24-10)2-23-25(20,21)22/h3-4,6-7,10,17-18H,2H2,1H3,(H2,12,14)(H2,20,21,22). The predicted molar refractivity (Wildman–Crippen MR) is 81.1 cm³/mol. The molecule has 13 nitrogen and oxygen atoms in total. The SMILES string of the molecule is Cn1c(N)nc2c(ncn2C2OC(COP(=O)(O)O)C(O)C2O)c1=O. The molecule has 2 aromatic heterocycles. The fraction of sp³-hybridized carbons (Fsp3) is 0.545. The van der Waals surface area contributed by atoms with Gasteiger partial charge in [0.05, 0.1) is 12.9 Å². The molecule has 1 aliphatic heterocycles. The number of ether oxygens (including phenoxy) is 1. The van der Waals surface area contributed by atoms with E-state index in [1.54, 1.807) is 0 Å². The number of nitrogens with zero attached hydrogens (tertiary/aromatic N) is 4. The molecule has 1 fully saturated rings. The lowest BCUT2D eigenvalue weighted by Crippen LogP contribution is -2.33. The summed E-state index contributed by atoms with van der Waals surface area (Å²) in [7, 11) is -3.35. The molecule has 3 rings (SSSR count). The van der Waals surface area contributed by atoms with Gasteiger partial charge in [0.1, 0.15) is 18.3 Å². The van der Waals surface area contributed by atoms with Crippen LogP contribution in [0.4, 0.5) is 5.95 Å². The number of imidazole rings is 1. The molecule has 0 amide bonds. The van der Waals surface area contributed by atoms with Crippen LogP contribution in [0.1, 0.15) is 6.23 Å². The van der Waals surface area contributed by atoms with Crippen LogP contribution in [0.15, 0.2) is 11.1 Å². The normalized spacial score (nSPS) is 27.2. The molecule has 4 atom stereocenters. The van der Waals surface area contributed by atoms with E-state index >= 15 is 0 Å². The Bertz CT molecular complexity index is 906. The molecular formula is C11H16N5O8P. The zero-order chi connectivity index (χ0) is 18.5. The molecule has 0 radical (unpaired) electrons. The Hall–Kier alpha value is -1.86. The third-order valence-corrected chi connectivity index (χ3v) is 4.34. The van der Waals surface area contributed by atoms with Crippen LogP contribution in [-0.2, 0) is 20.9 Å². The van der Waals surface area contributed by atoms with Crippen molar-refractivity contribution in [3.8, 4) is 0 Å². The Morgan fingerprint density at radius 2 is 2.08 bits per heavy atom. The molecule has 1 aliphatic rings. The van der Waals surface area contributed by atoms with E-state index in [4.69, 9.17) is 20.3 Å². The topological polar surface area (TPSA) is 195 Å². The van der Waals surface area contributed by atoms with Crippen LogP contribution in [-0.4, -0.2) is 64.0 Å². The molecule has 0 saturated carbocycles. The maximum Gasteiger partial charge on any atom is 0.469 e. The first-order valence-electron chi connectivity index (χ1n) is 7.01. The van der Waals surface area contributed by atoms with Crippen LogP contribution in [0, 0.1) is 0 Å². The van der Waals surface area contributed by atoms with Crippen molar-refractivity contribution in [2.75, 3.05) is 12.3 Å². The molecule has 3 heterocycles. The monoisotopic (exact) mass is 377 g/mol. The van der Waals surface area contributed by atoms with E-state index in [0.717, 1.165) is 4.57 Å². The second kappa shape index (κ2) is 6.14. The lowest BCUT2D eigenvalue weighted by atomic mass is 10.1. The van der Waals surface area contributed by atoms with Gasteiger partial charge in [-0.2, -0.15) is 4.98 Å². The summed E-state index contributed by atoms with van der Waals surface area (Å²) >= 11 is 0. The predicted octanol–water partition coefficient (Wildman–Crippen LogP) is -2.56. The number of phosphoric ester groups is 1. The summed E-state index contributed by atoms with van der Waals surface area (Å²) in [5, 5.41) is 20.2. The van der Waals surface area contributed by atoms with Crippen molar-refractivity contribution in [2.45, 2.75) is 24.5 Å². The van der Waals surface area contributed by atoms with Crippen molar-refractivity contribution in [1.82, 2.24) is 19.1 Å². The molecule has 0 bridgehead atoms. The van der Waals surface area contributed by atoms with Gasteiger partial charge in [-0.1, -0.05) is 0 Å². The van der Waals surface area contributed by atoms with E-state index in [0.29, 0.717) is 0 Å². The number of hydrogen-bond donors (Lipinski definition) is 5. The van der Waals surface area contributed by atoms with Gasteiger partial charge in [-0.3, -0.25) is 18.5 Å². The van der Waals surface area contributed by atoms with Gasteiger partial charge < -0.3 is 30.5 Å². The molecule has 0 spiro atoms. The Morgan fingerprint density at radius 3 is 2.72 bits per heavy atom. The van der Waals surface area contributed by atoms with Crippen LogP contribution in [0.2, 0.25) is 0 Å². The van der Waals surface area contributed by atoms with E-state index in [1.165, 1.54) is 17.9 Å². The van der Waals surface area contributed by atoms with E-state index in [2.05, 4.69) is 14.5 Å². The summed E-state index contributed by atoms with van der Waals surface area (Å²) in [4.78, 5) is 37.5. The maximum absolute atomic E-state index is 12.1. The number of phosphoric acid groups is 1. The third-order valence-electron chi connectivity index (χ3n) is 3.86. The second-order valence-electron chi connectivity index (χ2n) is 5.49. The molecule has 6 N–H and O–H groups in total. The molecule has 4 unspecified atom stereocenters. The lowest BCUT2D eigenvalue weighted by molar-refractivity contribution is -0.0503. The molecule has 25 heavy (non-hydrogen) atoms. The summed E-state index contributed by atoms with van der Waals surface area (Å²) in [5.74, 6) is -0.0892. The first-order chi connectivity index (χ1) is 11.6. The van der Waals surface area contributed by atoms with E-state index < -0.39 is 44.5 Å². The van der Waals surface area contributed by atoms with Crippen molar-refractivity contribution >= 4 is 24.9 Å². The Morgan fingerprint density at radius 1 is 1.40 bits per heavy atom. The average molecular weight is 377 g/mol. The van der Waals surface area contributed by atoms with Crippen molar-refractivity contribution < 1.29 is 33.8 Å². The fourth-order valence-corrected chi connectivity index (χ4v) is 2.86. The smallest absolute Gasteiger partial charge is 0.387 e. The van der Waals surface area contributed by atoms with Gasteiger partial charge in [-0.25, -0.2) is 9.55 Å². The highest BCUT2D eigenvalue weighted by Crippen LogP contribution is 2.38. The summed E-state index contributed by atoms with van der Waals surface area (Å²) < 4.78 is 22.8. The maximum atomic E-state index is 12.1. The van der Waals surface area contributed by atoms with Crippen LogP contribution < -0.4 is 11.3 Å². The molecule has 2 aromatic rings. The summed E-state index contributed by atoms with van der Waals surface area (Å²) in [6.45, 7) is -0.650. The van der Waals surface area contributed by atoms with Crippen molar-refractivity contribution in [3.63, 3.8) is 0 Å². The second-order valence-corrected chi connectivity index (χ2v) is 6.73. The minimum Gasteiger partial charge on any atom is -0.387 e. The number of aliphatic hydroxyl groups excluding tert-OH is 2. The lowest BCUT2D eigenvalue weighted by Gasteiger charge is -2.16. The van der Waals surface area contributed by atoms with E-state index in [1.807, 2.05) is 0 Å². The van der Waals surface area contributed by atoms with Crippen LogP contribution in [0.3, 0.4) is 0 Å². The number of fused-ring (bicyclic) bond motifs is 1. The van der Waals surface area contributed by atoms with Gasteiger partial charge in [0.2, 0.25) is 5.95 Å². The molecular weight excluding hydrogens is 361 g/mol. The Labute approximate surface area is 139 Å². The van der Waals surface area contributed by atoms with Gasteiger partial charge in [0.15, 0.2) is 17.4 Å². The third kappa shape index (κ3) is 3.18. The minimum atomic E-state index is -4.77. The number of aliphatic hydroxyl groups is 2. The van der Waals surface area contributed by atoms with E-state index in [-0.39, 0.29) is 17.1 Å². The minimum absolute atomic E-state index is 0.0168.